The van der Waals surface area contributed by atoms with Gasteiger partial charge in [-0.25, -0.2) is 0 Å². The van der Waals surface area contributed by atoms with E-state index in [-0.39, 0.29) is 28.7 Å². The predicted octanol–water partition coefficient (Wildman–Crippen LogP) is 6.20. The highest BCUT2D eigenvalue weighted by molar-refractivity contribution is 6.03. The van der Waals surface area contributed by atoms with Gasteiger partial charge in [0.05, 0.1) is 28.0 Å². The summed E-state index contributed by atoms with van der Waals surface area (Å²) in [6.45, 7) is 10.2. The Balaban J connectivity index is 1.15. The zero-order chi connectivity index (χ0) is 28.7. The molecule has 1 aromatic rings. The van der Waals surface area contributed by atoms with Gasteiger partial charge in [-0.05, 0) is 105 Å². The van der Waals surface area contributed by atoms with Crippen molar-refractivity contribution in [2.75, 3.05) is 12.0 Å². The van der Waals surface area contributed by atoms with Crippen molar-refractivity contribution in [3.05, 3.63) is 57.2 Å². The number of benzene rings is 1. The standard InChI is InChI=1S/C33H42N4O4/c1-18-15-27-30(34-17-18)20(3)33(41-27)14-12-25-26-10-5-21-16-23(36-35-22-6-8-24(9-7-22)37(39)40)11-13-32(21,4)29(26)31(38)28(25)19(33)2/h6-9,16,18,20,25-27,29-30,34-35H,5,10-15,17H2,1-4H3/b36-23+/t18-,20+,25?,26-,27+,29+,30-,32-,33-/m0/s1. The van der Waals surface area contributed by atoms with Gasteiger partial charge in [0, 0.05) is 35.6 Å². The summed E-state index contributed by atoms with van der Waals surface area (Å²) in [6, 6.07) is 6.69. The number of hydrogen-bond acceptors (Lipinski definition) is 7. The third-order valence-corrected chi connectivity index (χ3v) is 11.9. The number of ketones is 1. The molecule has 1 unspecified atom stereocenters. The van der Waals surface area contributed by atoms with Gasteiger partial charge in [0.15, 0.2) is 5.78 Å². The Morgan fingerprint density at radius 2 is 1.93 bits per heavy atom. The fraction of sp³-hybridized carbons (Fsp3) is 0.636. The third kappa shape index (κ3) is 4.00. The lowest BCUT2D eigenvalue weighted by Crippen LogP contribution is -2.49. The number of nitrogens with zero attached hydrogens (tertiary/aromatic N) is 2. The van der Waals surface area contributed by atoms with E-state index >= 15 is 0 Å². The number of non-ortho nitro benzene ring substituents is 1. The molecule has 0 radical (unpaired) electrons. The summed E-state index contributed by atoms with van der Waals surface area (Å²) in [5.41, 5.74) is 8.09. The first-order chi connectivity index (χ1) is 19.6. The van der Waals surface area contributed by atoms with E-state index in [4.69, 9.17) is 4.74 Å². The maximum Gasteiger partial charge on any atom is 0.269 e. The largest absolute Gasteiger partial charge is 0.365 e. The van der Waals surface area contributed by atoms with Crippen LogP contribution in [0.25, 0.3) is 0 Å². The molecule has 2 saturated heterocycles. The molecule has 2 N–H and O–H groups in total. The van der Waals surface area contributed by atoms with E-state index in [2.05, 4.69) is 49.6 Å². The molecule has 4 aliphatic carbocycles. The van der Waals surface area contributed by atoms with Gasteiger partial charge in [-0.15, -0.1) is 0 Å². The summed E-state index contributed by atoms with van der Waals surface area (Å²) in [5, 5.41) is 19.4. The van der Waals surface area contributed by atoms with Crippen molar-refractivity contribution in [2.45, 2.75) is 90.4 Å². The van der Waals surface area contributed by atoms with E-state index in [0.29, 0.717) is 35.5 Å². The van der Waals surface area contributed by atoms with Crippen LogP contribution < -0.4 is 10.7 Å². The fourth-order valence-corrected chi connectivity index (χ4v) is 9.73. The fourth-order valence-electron chi connectivity index (χ4n) is 9.73. The van der Waals surface area contributed by atoms with E-state index in [1.807, 2.05) is 0 Å². The first kappa shape index (κ1) is 27.0. The summed E-state index contributed by atoms with van der Waals surface area (Å²) in [5.74, 6) is 2.19. The van der Waals surface area contributed by atoms with E-state index in [1.165, 1.54) is 23.3 Å². The van der Waals surface area contributed by atoms with Gasteiger partial charge in [0.1, 0.15) is 0 Å². The van der Waals surface area contributed by atoms with E-state index in [1.54, 1.807) is 12.1 Å². The highest BCUT2D eigenvalue weighted by Gasteiger charge is 2.63. The topological polar surface area (TPSA) is 106 Å². The number of hydrazone groups is 1. The van der Waals surface area contributed by atoms with Crippen molar-refractivity contribution in [2.24, 2.45) is 40.1 Å². The summed E-state index contributed by atoms with van der Waals surface area (Å²) in [4.78, 5) is 25.0. The van der Waals surface area contributed by atoms with E-state index in [9.17, 15) is 14.9 Å². The van der Waals surface area contributed by atoms with E-state index in [0.717, 1.165) is 68.5 Å². The van der Waals surface area contributed by atoms with Crippen molar-refractivity contribution < 1.29 is 14.5 Å². The Morgan fingerprint density at radius 3 is 2.68 bits per heavy atom. The van der Waals surface area contributed by atoms with Crippen molar-refractivity contribution in [1.82, 2.24) is 5.32 Å². The second-order valence-electron chi connectivity index (χ2n) is 13.9. The van der Waals surface area contributed by atoms with Crippen molar-refractivity contribution in [1.29, 1.82) is 0 Å². The number of Topliss-reactive ketones (excluding diaryl/α,β-unsaturated/α-hetero) is 1. The molecule has 2 heterocycles. The second-order valence-corrected chi connectivity index (χ2v) is 13.9. The Hall–Kier alpha value is -2.84. The maximum absolute atomic E-state index is 14.5. The van der Waals surface area contributed by atoms with Crippen LogP contribution in [0.1, 0.15) is 72.6 Å². The van der Waals surface area contributed by atoms with Crippen molar-refractivity contribution in [3.8, 4) is 0 Å². The number of allylic oxidation sites excluding steroid dienone is 3. The molecule has 8 heteroatoms. The minimum atomic E-state index is -0.401. The van der Waals surface area contributed by atoms with Crippen molar-refractivity contribution >= 4 is 22.9 Å². The minimum absolute atomic E-state index is 0.0360. The molecule has 8 nitrogen and oxygen atoms in total. The average molecular weight is 559 g/mol. The molecule has 1 aromatic carbocycles. The molecule has 6 aliphatic rings. The maximum atomic E-state index is 14.5. The number of nitrogens with one attached hydrogen (secondary N) is 2. The first-order valence-electron chi connectivity index (χ1n) is 15.6. The number of carbonyl (C=O) groups is 1. The summed E-state index contributed by atoms with van der Waals surface area (Å²) in [7, 11) is 0. The molecular weight excluding hydrogens is 516 g/mol. The lowest BCUT2D eigenvalue weighted by atomic mass is 9.56. The molecule has 2 saturated carbocycles. The molecule has 0 aromatic heterocycles. The summed E-state index contributed by atoms with van der Waals surface area (Å²) in [6.07, 6.45) is 9.41. The highest BCUT2D eigenvalue weighted by Crippen LogP contribution is 2.64. The lowest BCUT2D eigenvalue weighted by molar-refractivity contribution is -0.384. The average Bonchev–Trinajstić information content (AvgIpc) is 3.41. The zero-order valence-corrected chi connectivity index (χ0v) is 24.6. The molecule has 0 bridgehead atoms. The molecule has 41 heavy (non-hydrogen) atoms. The number of carbonyl (C=O) groups excluding carboxylic acids is 1. The molecule has 4 fully saturated rings. The molecule has 9 atom stereocenters. The molecule has 0 amide bonds. The van der Waals surface area contributed by atoms with Gasteiger partial charge >= 0.3 is 0 Å². The van der Waals surface area contributed by atoms with Gasteiger partial charge in [-0.2, -0.15) is 5.10 Å². The number of piperidine rings is 1. The monoisotopic (exact) mass is 558 g/mol. The molecular formula is C33H42N4O4. The van der Waals surface area contributed by atoms with Crippen LogP contribution >= 0.6 is 0 Å². The predicted molar refractivity (Wildman–Crippen MR) is 159 cm³/mol. The van der Waals surface area contributed by atoms with Crippen LogP contribution in [0.2, 0.25) is 0 Å². The molecule has 1 spiro atoms. The number of nitro benzene ring substituents is 1. The van der Waals surface area contributed by atoms with E-state index < -0.39 is 4.92 Å². The SMILES string of the molecule is CC1=C2C(=O)[C@H]3[C@@H](CCC4=C/C(=N/Nc5ccc([N+](=O)[O-])cc5)CC[C@@]43C)C2CC[C@]12O[C@@H]1C[C@H](C)CN[C@H]1[C@H]2C. The number of nitro groups is 1. The summed E-state index contributed by atoms with van der Waals surface area (Å²) >= 11 is 0. The minimum Gasteiger partial charge on any atom is -0.365 e. The zero-order valence-electron chi connectivity index (χ0n) is 24.6. The number of hydrogen-bond donors (Lipinski definition) is 2. The Morgan fingerprint density at radius 1 is 1.15 bits per heavy atom. The van der Waals surface area contributed by atoms with Gasteiger partial charge in [0.2, 0.25) is 0 Å². The number of fused-ring (bicyclic) bond motifs is 6. The smallest absolute Gasteiger partial charge is 0.269 e. The Labute approximate surface area is 242 Å². The first-order valence-corrected chi connectivity index (χ1v) is 15.6. The quantitative estimate of drug-likeness (QED) is 0.338. The number of anilines is 1. The van der Waals surface area contributed by atoms with Gasteiger partial charge < -0.3 is 10.1 Å². The molecule has 2 aliphatic heterocycles. The van der Waals surface area contributed by atoms with Gasteiger partial charge in [-0.3, -0.25) is 20.3 Å². The third-order valence-electron chi connectivity index (χ3n) is 11.9. The van der Waals surface area contributed by atoms with Crippen LogP contribution in [0, 0.1) is 45.1 Å². The van der Waals surface area contributed by atoms with Gasteiger partial charge in [-0.1, -0.05) is 26.3 Å². The van der Waals surface area contributed by atoms with Gasteiger partial charge in [0.25, 0.3) is 5.69 Å². The van der Waals surface area contributed by atoms with Crippen LogP contribution in [0.4, 0.5) is 11.4 Å². The van der Waals surface area contributed by atoms with Crippen LogP contribution in [0.5, 0.6) is 0 Å². The number of ether oxygens (including phenoxy) is 1. The van der Waals surface area contributed by atoms with Crippen LogP contribution in [0.15, 0.2) is 52.2 Å². The lowest BCUT2D eigenvalue weighted by Gasteiger charge is -2.47. The Kier molecular flexibility index (Phi) is 6.32. The van der Waals surface area contributed by atoms with Crippen LogP contribution in [-0.2, 0) is 9.53 Å². The number of rotatable bonds is 3. The Bertz CT molecular complexity index is 1380. The summed E-state index contributed by atoms with van der Waals surface area (Å²) < 4.78 is 6.99. The second kappa shape index (κ2) is 9.60. The highest BCUT2D eigenvalue weighted by atomic mass is 16.6. The molecule has 7 rings (SSSR count). The normalized spacial score (nSPS) is 42.4. The van der Waals surface area contributed by atoms with Crippen LogP contribution in [0.3, 0.4) is 0 Å². The van der Waals surface area contributed by atoms with Crippen molar-refractivity contribution in [3.63, 3.8) is 0 Å². The van der Waals surface area contributed by atoms with Crippen LogP contribution in [-0.4, -0.2) is 40.7 Å². The molecule has 218 valence electrons.